The van der Waals surface area contributed by atoms with Crippen LogP contribution in [0.3, 0.4) is 0 Å². The van der Waals surface area contributed by atoms with Gasteiger partial charge in [-0.3, -0.25) is 0 Å². The first-order chi connectivity index (χ1) is 10.1. The largest absolute Gasteiger partial charge is 0.495 e. The number of halogens is 1. The lowest BCUT2D eigenvalue weighted by Gasteiger charge is -2.15. The number of ether oxygens (including phenoxy) is 2. The summed E-state index contributed by atoms with van der Waals surface area (Å²) < 4.78 is 10.5. The molecule has 1 aromatic heterocycles. The van der Waals surface area contributed by atoms with Gasteiger partial charge in [-0.2, -0.15) is 0 Å². The number of nitrogens with two attached hydrogens (primary N) is 1. The molecule has 1 heterocycles. The minimum atomic E-state index is 0.397. The standard InChI is InChI=1S/C13H16ClN5O2/c1-16-12-11(15)13(18-6-17-12)19-8-4-7(14)9(20-2)5-10(8)21-3/h4-6H,15H2,1-3H3,(H2,16,17,18,19). The number of nitrogens with one attached hydrogen (secondary N) is 2. The van der Waals surface area contributed by atoms with Crippen LogP contribution in [0, 0.1) is 0 Å². The minimum absolute atomic E-state index is 0.397. The molecule has 0 aliphatic carbocycles. The second-order valence-corrected chi connectivity index (χ2v) is 4.45. The van der Waals surface area contributed by atoms with Crippen LogP contribution in [0.2, 0.25) is 5.02 Å². The number of nitrogens with zero attached hydrogens (tertiary/aromatic N) is 2. The quantitative estimate of drug-likeness (QED) is 0.781. The molecule has 2 aromatic rings. The van der Waals surface area contributed by atoms with Crippen molar-refractivity contribution in [2.24, 2.45) is 0 Å². The van der Waals surface area contributed by atoms with E-state index in [2.05, 4.69) is 20.6 Å². The summed E-state index contributed by atoms with van der Waals surface area (Å²) >= 11 is 6.13. The van der Waals surface area contributed by atoms with E-state index < -0.39 is 0 Å². The van der Waals surface area contributed by atoms with E-state index in [0.717, 1.165) is 0 Å². The summed E-state index contributed by atoms with van der Waals surface area (Å²) in [7, 11) is 4.82. The van der Waals surface area contributed by atoms with Gasteiger partial charge in [0.1, 0.15) is 23.5 Å². The number of hydrogen-bond acceptors (Lipinski definition) is 7. The molecule has 0 radical (unpaired) electrons. The molecule has 8 heteroatoms. The van der Waals surface area contributed by atoms with Crippen LogP contribution in [0.1, 0.15) is 0 Å². The number of benzene rings is 1. The van der Waals surface area contributed by atoms with Crippen LogP contribution in [0.4, 0.5) is 23.0 Å². The number of anilines is 4. The van der Waals surface area contributed by atoms with E-state index in [0.29, 0.717) is 39.5 Å². The number of aromatic nitrogens is 2. The van der Waals surface area contributed by atoms with Crippen molar-refractivity contribution >= 4 is 34.6 Å². The lowest BCUT2D eigenvalue weighted by Crippen LogP contribution is -2.05. The second kappa shape index (κ2) is 6.36. The molecule has 4 N–H and O–H groups in total. The van der Waals surface area contributed by atoms with Crippen LogP contribution in [0.15, 0.2) is 18.5 Å². The summed E-state index contributed by atoms with van der Waals surface area (Å²) in [6.45, 7) is 0. The Morgan fingerprint density at radius 1 is 1.10 bits per heavy atom. The Morgan fingerprint density at radius 2 is 1.76 bits per heavy atom. The van der Waals surface area contributed by atoms with Crippen molar-refractivity contribution < 1.29 is 9.47 Å². The van der Waals surface area contributed by atoms with Gasteiger partial charge in [-0.05, 0) is 6.07 Å². The molecule has 0 atom stereocenters. The van der Waals surface area contributed by atoms with Gasteiger partial charge in [-0.25, -0.2) is 9.97 Å². The number of hydrogen-bond donors (Lipinski definition) is 3. The monoisotopic (exact) mass is 309 g/mol. The first-order valence-corrected chi connectivity index (χ1v) is 6.45. The predicted octanol–water partition coefficient (Wildman–Crippen LogP) is 2.51. The zero-order chi connectivity index (χ0) is 15.4. The Bertz CT molecular complexity index is 651. The van der Waals surface area contributed by atoms with Crippen molar-refractivity contribution in [2.45, 2.75) is 0 Å². The van der Waals surface area contributed by atoms with Crippen LogP contribution in [0.5, 0.6) is 11.5 Å². The maximum atomic E-state index is 6.13. The van der Waals surface area contributed by atoms with Gasteiger partial charge < -0.3 is 25.8 Å². The zero-order valence-corrected chi connectivity index (χ0v) is 12.7. The second-order valence-electron chi connectivity index (χ2n) is 4.05. The molecular formula is C13H16ClN5O2. The van der Waals surface area contributed by atoms with Gasteiger partial charge in [0, 0.05) is 13.1 Å². The highest BCUT2D eigenvalue weighted by molar-refractivity contribution is 6.32. The van der Waals surface area contributed by atoms with Crippen LogP contribution in [-0.4, -0.2) is 31.2 Å². The molecule has 0 saturated carbocycles. The predicted molar refractivity (Wildman–Crippen MR) is 83.8 cm³/mol. The van der Waals surface area contributed by atoms with Gasteiger partial charge >= 0.3 is 0 Å². The fraction of sp³-hybridized carbons (Fsp3) is 0.231. The number of rotatable bonds is 5. The molecule has 1 aromatic carbocycles. The third-order valence-corrected chi connectivity index (χ3v) is 3.14. The van der Waals surface area contributed by atoms with Crippen LogP contribution in [-0.2, 0) is 0 Å². The van der Waals surface area contributed by atoms with Crippen molar-refractivity contribution in [3.8, 4) is 11.5 Å². The Kier molecular flexibility index (Phi) is 4.54. The van der Waals surface area contributed by atoms with Gasteiger partial charge in [0.2, 0.25) is 0 Å². The average molecular weight is 310 g/mol. The topological polar surface area (TPSA) is 94.3 Å². The maximum Gasteiger partial charge on any atom is 0.159 e. The summed E-state index contributed by atoms with van der Waals surface area (Å²) in [5, 5.41) is 6.41. The van der Waals surface area contributed by atoms with Gasteiger partial charge in [-0.15, -0.1) is 0 Å². The first kappa shape index (κ1) is 15.0. The molecule has 0 unspecified atom stereocenters. The van der Waals surface area contributed by atoms with E-state index in [1.165, 1.54) is 13.4 Å². The maximum absolute atomic E-state index is 6.13. The molecule has 0 bridgehead atoms. The van der Waals surface area contributed by atoms with Crippen LogP contribution >= 0.6 is 11.6 Å². The fourth-order valence-electron chi connectivity index (χ4n) is 1.78. The van der Waals surface area contributed by atoms with Crippen molar-refractivity contribution in [3.05, 3.63) is 23.5 Å². The van der Waals surface area contributed by atoms with Crippen molar-refractivity contribution in [3.63, 3.8) is 0 Å². The molecule has 0 amide bonds. The number of nitrogen functional groups attached to an aromatic ring is 1. The highest BCUT2D eigenvalue weighted by Crippen LogP contribution is 2.38. The lowest BCUT2D eigenvalue weighted by atomic mass is 10.2. The average Bonchev–Trinajstić information content (AvgIpc) is 2.49. The van der Waals surface area contributed by atoms with Crippen molar-refractivity contribution in [1.82, 2.24) is 9.97 Å². The van der Waals surface area contributed by atoms with Crippen LogP contribution in [0.25, 0.3) is 0 Å². The summed E-state index contributed by atoms with van der Waals surface area (Å²) in [5.41, 5.74) is 7.00. The van der Waals surface area contributed by atoms with E-state index in [-0.39, 0.29) is 0 Å². The molecule has 0 spiro atoms. The summed E-state index contributed by atoms with van der Waals surface area (Å²) in [5.74, 6) is 2.06. The minimum Gasteiger partial charge on any atom is -0.495 e. The smallest absolute Gasteiger partial charge is 0.159 e. The third kappa shape index (κ3) is 3.03. The lowest BCUT2D eigenvalue weighted by molar-refractivity contribution is 0.396. The van der Waals surface area contributed by atoms with Gasteiger partial charge in [0.25, 0.3) is 0 Å². The SMILES string of the molecule is CNc1ncnc(Nc2cc(Cl)c(OC)cc2OC)c1N. The van der Waals surface area contributed by atoms with Crippen LogP contribution < -0.4 is 25.8 Å². The van der Waals surface area contributed by atoms with Gasteiger partial charge in [0.05, 0.1) is 24.9 Å². The van der Waals surface area contributed by atoms with Crippen molar-refractivity contribution in [1.29, 1.82) is 0 Å². The van der Waals surface area contributed by atoms with Crippen molar-refractivity contribution in [2.75, 3.05) is 37.6 Å². The Hall–Kier alpha value is -2.41. The normalized spacial score (nSPS) is 10.1. The summed E-state index contributed by atoms with van der Waals surface area (Å²) in [6, 6.07) is 3.36. The Morgan fingerprint density at radius 3 is 2.38 bits per heavy atom. The third-order valence-electron chi connectivity index (χ3n) is 2.85. The number of methoxy groups -OCH3 is 2. The van der Waals surface area contributed by atoms with E-state index in [9.17, 15) is 0 Å². The molecule has 0 aliphatic heterocycles. The summed E-state index contributed by atoms with van der Waals surface area (Å²) in [4.78, 5) is 8.13. The molecule has 0 fully saturated rings. The van der Waals surface area contributed by atoms with Gasteiger partial charge in [-0.1, -0.05) is 11.6 Å². The molecule has 0 aliphatic rings. The Balaban J connectivity index is 2.42. The molecule has 2 rings (SSSR count). The highest BCUT2D eigenvalue weighted by atomic mass is 35.5. The zero-order valence-electron chi connectivity index (χ0n) is 11.9. The molecule has 21 heavy (non-hydrogen) atoms. The fourth-order valence-corrected chi connectivity index (χ4v) is 2.02. The summed E-state index contributed by atoms with van der Waals surface area (Å²) in [6.07, 6.45) is 1.40. The molecule has 0 saturated heterocycles. The molecule has 112 valence electrons. The molecule has 7 nitrogen and oxygen atoms in total. The first-order valence-electron chi connectivity index (χ1n) is 6.07. The van der Waals surface area contributed by atoms with Gasteiger partial charge in [0.15, 0.2) is 11.6 Å². The highest BCUT2D eigenvalue weighted by Gasteiger charge is 2.13. The van der Waals surface area contributed by atoms with E-state index >= 15 is 0 Å². The van der Waals surface area contributed by atoms with E-state index in [1.54, 1.807) is 26.3 Å². The molecular weight excluding hydrogens is 294 g/mol. The van der Waals surface area contributed by atoms with E-state index in [1.807, 2.05) is 0 Å². The van der Waals surface area contributed by atoms with E-state index in [4.69, 9.17) is 26.8 Å². The Labute approximate surface area is 127 Å².